The van der Waals surface area contributed by atoms with Gasteiger partial charge in [-0.3, -0.25) is 20.2 Å². The maximum Gasteiger partial charge on any atom is 0.519 e. The first-order chi connectivity index (χ1) is 25.0. The van der Waals surface area contributed by atoms with Gasteiger partial charge in [0.05, 0.1) is 44.5 Å². The Morgan fingerprint density at radius 2 is 1.12 bits per heavy atom. The van der Waals surface area contributed by atoms with Crippen molar-refractivity contribution in [1.82, 2.24) is 0 Å². The summed E-state index contributed by atoms with van der Waals surface area (Å²) in [5.41, 5.74) is 1.06. The van der Waals surface area contributed by atoms with E-state index < -0.39 is 39.5 Å². The second kappa shape index (κ2) is 15.1. The number of halogens is 2. The number of carbonyl (C=O) groups is 1. The van der Waals surface area contributed by atoms with Crippen LogP contribution in [0.4, 0.5) is 36.3 Å². The van der Waals surface area contributed by atoms with Crippen LogP contribution in [0.2, 0.25) is 0 Å². The quantitative estimate of drug-likeness (QED) is 0.0753. The highest BCUT2D eigenvalue weighted by Gasteiger charge is 2.31. The molecule has 0 amide bonds. The van der Waals surface area contributed by atoms with Crippen molar-refractivity contribution < 1.29 is 32.9 Å². The Kier molecular flexibility index (Phi) is 10.2. The number of nitrogens with zero attached hydrogens (tertiary/aromatic N) is 6. The molecular weight excluding hydrogens is 678 g/mol. The van der Waals surface area contributed by atoms with Crippen molar-refractivity contribution in [1.29, 1.82) is 10.5 Å². The summed E-state index contributed by atoms with van der Waals surface area (Å²) in [7, 11) is 0. The van der Waals surface area contributed by atoms with Gasteiger partial charge in [-0.25, -0.2) is 13.6 Å². The zero-order valence-corrected chi connectivity index (χ0v) is 27.5. The van der Waals surface area contributed by atoms with E-state index in [9.17, 15) is 33.8 Å². The molecule has 2 saturated heterocycles. The lowest BCUT2D eigenvalue weighted by atomic mass is 9.89. The number of non-ortho nitro benzene ring substituents is 2. The lowest BCUT2D eigenvalue weighted by Gasteiger charge is -2.35. The van der Waals surface area contributed by atoms with E-state index in [2.05, 4.69) is 0 Å². The highest BCUT2D eigenvalue weighted by Crippen LogP contribution is 2.40. The summed E-state index contributed by atoms with van der Waals surface area (Å²) in [6.07, 6.45) is 1.08. The number of carbonyl (C=O) groups excluding carboxylic acids is 1. The summed E-state index contributed by atoms with van der Waals surface area (Å²) in [4.78, 5) is 39.2. The minimum Gasteiger partial charge on any atom is -0.394 e. The number of anilines is 2. The standard InChI is InChI=1S/C37H30F2N6O7/c38-31-15-23(19-40)5-9-33(31)42-13-1-3-25(21-42)29-17-27(44(47)48)7-11-35(29)51-37(46)52-36-12-8-28(45(49)50)18-30(36)26-4-2-14-43(22-26)34-10-6-24(20-41)16-32(34)39/h5-12,15-18,25-26H,1-4,13-14,21-22H2. The van der Waals surface area contributed by atoms with E-state index in [1.807, 2.05) is 12.1 Å². The summed E-state index contributed by atoms with van der Waals surface area (Å²) < 4.78 is 41.2. The third-order valence-electron chi connectivity index (χ3n) is 9.35. The molecule has 4 aromatic rings. The SMILES string of the molecule is N#Cc1ccc(N2CCCC(c3cc([N+](=O)[O-])ccc3OC(=O)Oc3ccc([N+](=O)[O-])cc3C3CCCN(c4ccc(C#N)cc4F)C3)C2)c(F)c1. The van der Waals surface area contributed by atoms with Crippen LogP contribution in [-0.4, -0.2) is 42.2 Å². The Balaban J connectivity index is 1.25. The number of nitro benzene ring substituents is 2. The zero-order chi connectivity index (χ0) is 36.9. The number of hydrogen-bond acceptors (Lipinski definition) is 11. The molecule has 4 aromatic carbocycles. The van der Waals surface area contributed by atoms with Gasteiger partial charge in [-0.15, -0.1) is 0 Å². The monoisotopic (exact) mass is 708 g/mol. The third kappa shape index (κ3) is 7.58. The largest absolute Gasteiger partial charge is 0.519 e. The van der Waals surface area contributed by atoms with Crippen molar-refractivity contribution in [3.63, 3.8) is 0 Å². The molecule has 2 heterocycles. The number of piperidine rings is 2. The minimum atomic E-state index is -1.19. The molecular formula is C37H30F2N6O7. The molecule has 0 N–H and O–H groups in total. The van der Waals surface area contributed by atoms with Crippen molar-refractivity contribution in [2.24, 2.45) is 0 Å². The third-order valence-corrected chi connectivity index (χ3v) is 9.35. The fourth-order valence-electron chi connectivity index (χ4n) is 6.89. The molecule has 0 saturated carbocycles. The van der Waals surface area contributed by atoms with E-state index in [4.69, 9.17) is 20.0 Å². The maximum atomic E-state index is 14.9. The molecule has 2 atom stereocenters. The van der Waals surface area contributed by atoms with Crippen LogP contribution >= 0.6 is 0 Å². The molecule has 2 aliphatic rings. The molecule has 2 unspecified atom stereocenters. The Morgan fingerprint density at radius 1 is 0.692 bits per heavy atom. The second-order valence-electron chi connectivity index (χ2n) is 12.5. The number of hydrogen-bond donors (Lipinski definition) is 0. The van der Waals surface area contributed by atoms with Crippen LogP contribution in [-0.2, 0) is 0 Å². The highest BCUT2D eigenvalue weighted by atomic mass is 19.1. The number of rotatable bonds is 8. The van der Waals surface area contributed by atoms with Crippen LogP contribution in [0.25, 0.3) is 0 Å². The summed E-state index contributed by atoms with van der Waals surface area (Å²) in [6.45, 7) is 1.46. The number of nitriles is 2. The van der Waals surface area contributed by atoms with E-state index in [1.54, 1.807) is 9.80 Å². The van der Waals surface area contributed by atoms with Crippen LogP contribution in [0.1, 0.15) is 59.8 Å². The van der Waals surface area contributed by atoms with E-state index >= 15 is 0 Å². The molecule has 0 spiro atoms. The normalized spacial score (nSPS) is 17.1. The van der Waals surface area contributed by atoms with Gasteiger partial charge in [0.1, 0.15) is 23.1 Å². The van der Waals surface area contributed by atoms with Gasteiger partial charge in [0.15, 0.2) is 0 Å². The van der Waals surface area contributed by atoms with Gasteiger partial charge in [0.25, 0.3) is 11.4 Å². The number of ether oxygens (including phenoxy) is 2. The Morgan fingerprint density at radius 3 is 1.48 bits per heavy atom. The van der Waals surface area contributed by atoms with Crippen LogP contribution < -0.4 is 19.3 Å². The first kappa shape index (κ1) is 35.2. The van der Waals surface area contributed by atoms with Crippen molar-refractivity contribution in [2.75, 3.05) is 36.0 Å². The van der Waals surface area contributed by atoms with Crippen molar-refractivity contribution in [3.8, 4) is 23.6 Å². The molecule has 0 bridgehead atoms. The van der Waals surface area contributed by atoms with Crippen molar-refractivity contribution in [2.45, 2.75) is 37.5 Å². The van der Waals surface area contributed by atoms with Crippen LogP contribution in [0.5, 0.6) is 11.5 Å². The second-order valence-corrected chi connectivity index (χ2v) is 12.5. The van der Waals surface area contributed by atoms with E-state index in [0.29, 0.717) is 49.9 Å². The lowest BCUT2D eigenvalue weighted by Crippen LogP contribution is -2.35. The summed E-state index contributed by atoms with van der Waals surface area (Å²) in [6, 6.07) is 19.7. The average molecular weight is 709 g/mol. The molecule has 264 valence electrons. The van der Waals surface area contributed by atoms with Crippen LogP contribution in [0.15, 0.2) is 72.8 Å². The molecule has 52 heavy (non-hydrogen) atoms. The predicted molar refractivity (Wildman–Crippen MR) is 183 cm³/mol. The van der Waals surface area contributed by atoms with E-state index in [1.165, 1.54) is 60.7 Å². The van der Waals surface area contributed by atoms with E-state index in [0.717, 1.165) is 12.1 Å². The summed E-state index contributed by atoms with van der Waals surface area (Å²) in [5, 5.41) is 41.7. The fraction of sp³-hybridized carbons (Fsp3) is 0.270. The van der Waals surface area contributed by atoms with Crippen LogP contribution in [0, 0.1) is 54.5 Å². The predicted octanol–water partition coefficient (Wildman–Crippen LogP) is 7.87. The lowest BCUT2D eigenvalue weighted by molar-refractivity contribution is -0.385. The van der Waals surface area contributed by atoms with Gasteiger partial charge >= 0.3 is 6.16 Å². The molecule has 2 aliphatic heterocycles. The molecule has 2 fully saturated rings. The number of benzene rings is 4. The first-order valence-corrected chi connectivity index (χ1v) is 16.4. The minimum absolute atomic E-state index is 0.00801. The summed E-state index contributed by atoms with van der Waals surface area (Å²) >= 11 is 0. The van der Waals surface area contributed by atoms with Gasteiger partial charge in [-0.1, -0.05) is 0 Å². The Bertz CT molecular complexity index is 2000. The highest BCUT2D eigenvalue weighted by molar-refractivity contribution is 5.69. The van der Waals surface area contributed by atoms with Gasteiger partial charge in [-0.05, 0) is 74.2 Å². The van der Waals surface area contributed by atoms with Crippen LogP contribution in [0.3, 0.4) is 0 Å². The first-order valence-electron chi connectivity index (χ1n) is 16.4. The van der Waals surface area contributed by atoms with E-state index in [-0.39, 0.29) is 58.5 Å². The number of nitro groups is 2. The molecule has 15 heteroatoms. The molecule has 0 radical (unpaired) electrons. The van der Waals surface area contributed by atoms with Crippen molar-refractivity contribution >= 4 is 28.9 Å². The Labute approximate surface area is 296 Å². The average Bonchev–Trinajstić information content (AvgIpc) is 3.14. The Hall–Kier alpha value is -6.61. The smallest absolute Gasteiger partial charge is 0.394 e. The van der Waals surface area contributed by atoms with Crippen molar-refractivity contribution in [3.05, 3.63) is 127 Å². The zero-order valence-electron chi connectivity index (χ0n) is 27.5. The van der Waals surface area contributed by atoms with Gasteiger partial charge in [0.2, 0.25) is 0 Å². The van der Waals surface area contributed by atoms with Gasteiger partial charge in [-0.2, -0.15) is 10.5 Å². The van der Waals surface area contributed by atoms with Gasteiger partial charge in [0, 0.05) is 73.4 Å². The van der Waals surface area contributed by atoms with Gasteiger partial charge < -0.3 is 19.3 Å². The topological polar surface area (TPSA) is 176 Å². The fourth-order valence-corrected chi connectivity index (χ4v) is 6.89. The molecule has 0 aliphatic carbocycles. The molecule has 6 rings (SSSR count). The maximum absolute atomic E-state index is 14.9. The molecule has 13 nitrogen and oxygen atoms in total. The molecule has 0 aromatic heterocycles. The summed E-state index contributed by atoms with van der Waals surface area (Å²) in [5.74, 6) is -2.02.